The Labute approximate surface area is 156 Å². The van der Waals surface area contributed by atoms with Gasteiger partial charge in [0, 0.05) is 24.7 Å². The predicted molar refractivity (Wildman–Crippen MR) is 94.3 cm³/mol. The number of alkyl halides is 3. The number of nitrogens with one attached hydrogen (secondary N) is 2. The molecule has 0 saturated carbocycles. The molecule has 3 aromatic rings. The first-order chi connectivity index (χ1) is 12.9. The molecule has 0 spiro atoms. The fraction of sp³-hybridized carbons (Fsp3) is 0.235. The summed E-state index contributed by atoms with van der Waals surface area (Å²) < 4.78 is 43.9. The van der Waals surface area contributed by atoms with E-state index in [9.17, 15) is 18.0 Å². The molecule has 0 saturated heterocycles. The molecule has 0 radical (unpaired) electrons. The zero-order valence-corrected chi connectivity index (χ0v) is 14.7. The zero-order valence-electron chi connectivity index (χ0n) is 13.9. The number of anilines is 1. The molecule has 0 atom stereocenters. The van der Waals surface area contributed by atoms with Gasteiger partial charge in [-0.1, -0.05) is 0 Å². The second-order valence-corrected chi connectivity index (χ2v) is 6.33. The van der Waals surface area contributed by atoms with Crippen LogP contribution in [0.4, 0.5) is 19.0 Å². The molecular formula is C17H15F3N4O2S. The van der Waals surface area contributed by atoms with E-state index in [0.717, 1.165) is 6.07 Å². The molecule has 0 aliphatic heterocycles. The van der Waals surface area contributed by atoms with Crippen LogP contribution < -0.4 is 10.6 Å². The third-order valence-corrected chi connectivity index (χ3v) is 4.38. The number of aromatic nitrogens is 2. The second kappa shape index (κ2) is 8.21. The molecule has 10 heteroatoms. The molecule has 0 unspecified atom stereocenters. The molecule has 0 bridgehead atoms. The SMILES string of the molecule is O=C(Cc1csc(-c2ccco2)n1)NCCNc1ncccc1C(F)(F)F. The molecule has 142 valence electrons. The second-order valence-electron chi connectivity index (χ2n) is 5.47. The summed E-state index contributed by atoms with van der Waals surface area (Å²) in [5.74, 6) is 0.0960. The van der Waals surface area contributed by atoms with Gasteiger partial charge in [0.25, 0.3) is 0 Å². The lowest BCUT2D eigenvalue weighted by Crippen LogP contribution is -2.30. The number of furan rings is 1. The van der Waals surface area contributed by atoms with E-state index in [1.807, 2.05) is 0 Å². The highest BCUT2D eigenvalue weighted by Crippen LogP contribution is 2.33. The Balaban J connectivity index is 1.46. The Morgan fingerprint density at radius 3 is 2.81 bits per heavy atom. The van der Waals surface area contributed by atoms with Crippen molar-refractivity contribution in [1.82, 2.24) is 15.3 Å². The minimum Gasteiger partial charge on any atom is -0.462 e. The third kappa shape index (κ3) is 5.07. The summed E-state index contributed by atoms with van der Waals surface area (Å²) in [6, 6.07) is 5.70. The molecule has 3 rings (SSSR count). The summed E-state index contributed by atoms with van der Waals surface area (Å²) in [6.07, 6.45) is -1.60. The van der Waals surface area contributed by atoms with Crippen LogP contribution in [-0.2, 0) is 17.4 Å². The largest absolute Gasteiger partial charge is 0.462 e. The Morgan fingerprint density at radius 2 is 2.07 bits per heavy atom. The Hall–Kier alpha value is -2.88. The van der Waals surface area contributed by atoms with Gasteiger partial charge in [0.15, 0.2) is 10.8 Å². The van der Waals surface area contributed by atoms with Gasteiger partial charge in [0.2, 0.25) is 5.91 Å². The Kier molecular flexibility index (Phi) is 5.75. The highest BCUT2D eigenvalue weighted by atomic mass is 32.1. The van der Waals surface area contributed by atoms with Gasteiger partial charge < -0.3 is 15.1 Å². The monoisotopic (exact) mass is 396 g/mol. The molecule has 0 aromatic carbocycles. The standard InChI is InChI=1S/C17H15F3N4O2S/c18-17(19,20)12-3-1-5-22-15(12)23-7-6-21-14(25)9-11-10-27-16(24-11)13-4-2-8-26-13/h1-5,8,10H,6-7,9H2,(H,21,25)(H,22,23). The number of amides is 1. The van der Waals surface area contributed by atoms with Crippen molar-refractivity contribution in [3.8, 4) is 10.8 Å². The quantitative estimate of drug-likeness (QED) is 0.597. The summed E-state index contributed by atoms with van der Waals surface area (Å²) in [6.45, 7) is 0.266. The van der Waals surface area contributed by atoms with Crippen LogP contribution in [0.1, 0.15) is 11.3 Å². The molecule has 0 aliphatic carbocycles. The number of carbonyl (C=O) groups excluding carboxylic acids is 1. The van der Waals surface area contributed by atoms with Crippen molar-refractivity contribution in [3.63, 3.8) is 0 Å². The third-order valence-electron chi connectivity index (χ3n) is 3.48. The van der Waals surface area contributed by atoms with Crippen LogP contribution in [0.5, 0.6) is 0 Å². The summed E-state index contributed by atoms with van der Waals surface area (Å²) >= 11 is 1.37. The summed E-state index contributed by atoms with van der Waals surface area (Å²) in [5, 5.41) is 7.67. The van der Waals surface area contributed by atoms with E-state index < -0.39 is 11.7 Å². The first kappa shape index (κ1) is 18.9. The van der Waals surface area contributed by atoms with Gasteiger partial charge in [-0.05, 0) is 24.3 Å². The summed E-state index contributed by atoms with van der Waals surface area (Å²) in [7, 11) is 0. The summed E-state index contributed by atoms with van der Waals surface area (Å²) in [5.41, 5.74) is -0.245. The lowest BCUT2D eigenvalue weighted by molar-refractivity contribution is -0.137. The van der Waals surface area contributed by atoms with E-state index >= 15 is 0 Å². The van der Waals surface area contributed by atoms with Crippen LogP contribution >= 0.6 is 11.3 Å². The average Bonchev–Trinajstić information content (AvgIpc) is 3.29. The normalized spacial score (nSPS) is 11.4. The van der Waals surface area contributed by atoms with Crippen LogP contribution in [-0.4, -0.2) is 29.0 Å². The Bertz CT molecular complexity index is 894. The molecule has 3 aromatic heterocycles. The van der Waals surface area contributed by atoms with Crippen LogP contribution in [0.3, 0.4) is 0 Å². The lowest BCUT2D eigenvalue weighted by atomic mass is 10.2. The summed E-state index contributed by atoms with van der Waals surface area (Å²) in [4.78, 5) is 20.0. The molecule has 2 N–H and O–H groups in total. The smallest absolute Gasteiger partial charge is 0.419 e. The molecule has 0 aliphatic rings. The van der Waals surface area contributed by atoms with Crippen molar-refractivity contribution in [3.05, 3.63) is 53.4 Å². The average molecular weight is 396 g/mol. The van der Waals surface area contributed by atoms with Gasteiger partial charge >= 0.3 is 6.18 Å². The van der Waals surface area contributed by atoms with Gasteiger partial charge in [-0.3, -0.25) is 4.79 Å². The minimum atomic E-state index is -4.49. The zero-order chi connectivity index (χ0) is 19.3. The first-order valence-corrected chi connectivity index (χ1v) is 8.82. The maximum Gasteiger partial charge on any atom is 0.419 e. The Morgan fingerprint density at radius 1 is 1.22 bits per heavy atom. The number of pyridine rings is 1. The topological polar surface area (TPSA) is 80.0 Å². The molecule has 3 heterocycles. The van der Waals surface area contributed by atoms with Gasteiger partial charge in [0.05, 0.1) is 23.9 Å². The molecule has 27 heavy (non-hydrogen) atoms. The fourth-order valence-electron chi connectivity index (χ4n) is 2.29. The highest BCUT2D eigenvalue weighted by molar-refractivity contribution is 7.13. The predicted octanol–water partition coefficient (Wildman–Crippen LogP) is 3.59. The van der Waals surface area contributed by atoms with Crippen molar-refractivity contribution < 1.29 is 22.4 Å². The minimum absolute atomic E-state index is 0.0780. The van der Waals surface area contributed by atoms with Crippen molar-refractivity contribution >= 4 is 23.1 Å². The number of hydrogen-bond acceptors (Lipinski definition) is 6. The molecular weight excluding hydrogens is 381 g/mol. The van der Waals surface area contributed by atoms with Gasteiger partial charge in [-0.25, -0.2) is 9.97 Å². The van der Waals surface area contributed by atoms with Crippen LogP contribution in [0.25, 0.3) is 10.8 Å². The van der Waals surface area contributed by atoms with Crippen LogP contribution in [0, 0.1) is 0 Å². The lowest BCUT2D eigenvalue weighted by Gasteiger charge is -2.13. The fourth-order valence-corrected chi connectivity index (χ4v) is 3.07. The number of thiazole rings is 1. The van der Waals surface area contributed by atoms with Crippen molar-refractivity contribution in [1.29, 1.82) is 0 Å². The molecule has 0 fully saturated rings. The van der Waals surface area contributed by atoms with Crippen molar-refractivity contribution in [2.75, 3.05) is 18.4 Å². The van der Waals surface area contributed by atoms with Gasteiger partial charge in [-0.15, -0.1) is 11.3 Å². The maximum atomic E-state index is 12.9. The number of carbonyl (C=O) groups is 1. The maximum absolute atomic E-state index is 12.9. The molecule has 6 nitrogen and oxygen atoms in total. The van der Waals surface area contributed by atoms with E-state index in [0.29, 0.717) is 16.5 Å². The van der Waals surface area contributed by atoms with Crippen LogP contribution in [0.2, 0.25) is 0 Å². The first-order valence-electron chi connectivity index (χ1n) is 7.94. The van der Waals surface area contributed by atoms with Gasteiger partial charge in [0.1, 0.15) is 5.82 Å². The van der Waals surface area contributed by atoms with Crippen LogP contribution in [0.15, 0.2) is 46.5 Å². The van der Waals surface area contributed by atoms with E-state index in [1.165, 1.54) is 23.6 Å². The number of halogens is 3. The number of hydrogen-bond donors (Lipinski definition) is 2. The van der Waals surface area contributed by atoms with E-state index in [1.54, 1.807) is 23.8 Å². The van der Waals surface area contributed by atoms with Crippen molar-refractivity contribution in [2.45, 2.75) is 12.6 Å². The number of rotatable bonds is 7. The van der Waals surface area contributed by atoms with E-state index in [4.69, 9.17) is 4.42 Å². The van der Waals surface area contributed by atoms with Gasteiger partial charge in [-0.2, -0.15) is 13.2 Å². The van der Waals surface area contributed by atoms with Crippen molar-refractivity contribution in [2.24, 2.45) is 0 Å². The molecule has 1 amide bonds. The highest BCUT2D eigenvalue weighted by Gasteiger charge is 2.33. The van der Waals surface area contributed by atoms with E-state index in [-0.39, 0.29) is 31.2 Å². The van der Waals surface area contributed by atoms with E-state index in [2.05, 4.69) is 20.6 Å². The number of nitrogens with zero attached hydrogens (tertiary/aromatic N) is 2.